The van der Waals surface area contributed by atoms with Gasteiger partial charge in [0.05, 0.1) is 38.8 Å². The molecule has 0 atom stereocenters. The summed E-state index contributed by atoms with van der Waals surface area (Å²) >= 11 is 0. The normalized spacial score (nSPS) is 11.1. The summed E-state index contributed by atoms with van der Waals surface area (Å²) in [6.45, 7) is 3.04. The van der Waals surface area contributed by atoms with E-state index in [-0.39, 0.29) is 0 Å². The van der Waals surface area contributed by atoms with Crippen LogP contribution in [-0.2, 0) is 6.54 Å². The van der Waals surface area contributed by atoms with Crippen LogP contribution in [0, 0.1) is 0 Å². The minimum Gasteiger partial charge on any atom is -0.497 e. The van der Waals surface area contributed by atoms with Gasteiger partial charge in [-0.25, -0.2) is 4.68 Å². The smallest absolute Gasteiger partial charge is 0.195 e. The first-order chi connectivity index (χ1) is 14.7. The topological polar surface area (TPSA) is 81.9 Å². The number of nitrogens with zero attached hydrogens (tertiary/aromatic N) is 3. The highest BCUT2D eigenvalue weighted by molar-refractivity contribution is 5.93. The molecule has 0 amide bonds. The van der Waals surface area contributed by atoms with E-state index in [1.54, 1.807) is 21.3 Å². The third kappa shape index (κ3) is 5.22. The highest BCUT2D eigenvalue weighted by Crippen LogP contribution is 2.30. The van der Waals surface area contributed by atoms with Gasteiger partial charge in [-0.15, -0.1) is 0 Å². The maximum atomic E-state index is 5.56. The quantitative estimate of drug-likeness (QED) is 0.438. The zero-order chi connectivity index (χ0) is 21.3. The summed E-state index contributed by atoms with van der Waals surface area (Å²) in [6, 6.07) is 15.4. The van der Waals surface area contributed by atoms with E-state index in [9.17, 15) is 0 Å². The van der Waals surface area contributed by atoms with Crippen LogP contribution in [0.4, 0.5) is 5.69 Å². The van der Waals surface area contributed by atoms with Crippen molar-refractivity contribution < 1.29 is 14.2 Å². The van der Waals surface area contributed by atoms with E-state index >= 15 is 0 Å². The lowest BCUT2D eigenvalue weighted by atomic mass is 10.2. The molecular weight excluding hydrogens is 382 g/mol. The minimum atomic E-state index is 0.525. The molecule has 0 aliphatic carbocycles. The molecule has 0 bridgehead atoms. The number of anilines is 1. The molecule has 8 heteroatoms. The van der Waals surface area contributed by atoms with Crippen LogP contribution in [0.15, 0.2) is 59.7 Å². The highest BCUT2D eigenvalue weighted by atomic mass is 16.5. The van der Waals surface area contributed by atoms with Crippen molar-refractivity contribution in [3.05, 3.63) is 60.4 Å². The van der Waals surface area contributed by atoms with Crippen molar-refractivity contribution in [2.45, 2.75) is 13.5 Å². The van der Waals surface area contributed by atoms with Gasteiger partial charge < -0.3 is 24.8 Å². The Hall–Kier alpha value is -3.68. The lowest BCUT2D eigenvalue weighted by Crippen LogP contribution is -2.30. The molecule has 0 spiro atoms. The lowest BCUT2D eigenvalue weighted by Gasteiger charge is -2.14. The molecule has 0 fully saturated rings. The Balaban J connectivity index is 1.61. The van der Waals surface area contributed by atoms with Crippen LogP contribution in [0.25, 0.3) is 5.69 Å². The number of hydrogen-bond donors (Lipinski definition) is 2. The number of hydrogen-bond acceptors (Lipinski definition) is 5. The van der Waals surface area contributed by atoms with Crippen molar-refractivity contribution in [2.75, 3.05) is 33.2 Å². The predicted octanol–water partition coefficient (Wildman–Crippen LogP) is 3.48. The summed E-state index contributed by atoms with van der Waals surface area (Å²) in [5.74, 6) is 2.81. The monoisotopic (exact) mass is 409 g/mol. The number of rotatable bonds is 8. The average molecular weight is 409 g/mol. The molecule has 0 radical (unpaired) electrons. The van der Waals surface area contributed by atoms with Gasteiger partial charge in [0.2, 0.25) is 0 Å². The van der Waals surface area contributed by atoms with Crippen LogP contribution in [-0.4, -0.2) is 43.6 Å². The van der Waals surface area contributed by atoms with Gasteiger partial charge in [0.15, 0.2) is 17.5 Å². The van der Waals surface area contributed by atoms with Gasteiger partial charge in [-0.05, 0) is 49.4 Å². The van der Waals surface area contributed by atoms with Gasteiger partial charge in [-0.3, -0.25) is 4.99 Å². The Kier molecular flexibility index (Phi) is 7.15. The van der Waals surface area contributed by atoms with Crippen LogP contribution in [0.5, 0.6) is 17.2 Å². The molecule has 30 heavy (non-hydrogen) atoms. The van der Waals surface area contributed by atoms with E-state index in [4.69, 9.17) is 14.2 Å². The van der Waals surface area contributed by atoms with Crippen molar-refractivity contribution in [1.82, 2.24) is 15.1 Å². The number of ether oxygens (including phenoxy) is 3. The molecular formula is C22H27N5O3. The summed E-state index contributed by atoms with van der Waals surface area (Å²) in [5, 5.41) is 11.1. The third-order valence-electron chi connectivity index (χ3n) is 4.37. The maximum absolute atomic E-state index is 5.56. The molecule has 1 aromatic heterocycles. The summed E-state index contributed by atoms with van der Waals surface area (Å²) in [6.07, 6.45) is 1.92. The first-order valence-corrected chi connectivity index (χ1v) is 9.64. The van der Waals surface area contributed by atoms with Gasteiger partial charge in [0, 0.05) is 25.0 Å². The first-order valence-electron chi connectivity index (χ1n) is 9.64. The van der Waals surface area contributed by atoms with Crippen LogP contribution in [0.3, 0.4) is 0 Å². The second-order valence-corrected chi connectivity index (χ2v) is 6.30. The van der Waals surface area contributed by atoms with Crippen molar-refractivity contribution >= 4 is 11.6 Å². The molecule has 0 saturated carbocycles. The molecule has 0 aliphatic rings. The largest absolute Gasteiger partial charge is 0.497 e. The Morgan fingerprint density at radius 1 is 1.03 bits per heavy atom. The van der Waals surface area contributed by atoms with E-state index < -0.39 is 0 Å². The van der Waals surface area contributed by atoms with E-state index in [2.05, 4.69) is 20.7 Å². The molecule has 1 heterocycles. The number of aliphatic imine (C=N–C) groups is 1. The van der Waals surface area contributed by atoms with E-state index in [1.807, 2.05) is 66.3 Å². The fraction of sp³-hybridized carbons (Fsp3) is 0.273. The molecule has 3 rings (SSSR count). The van der Waals surface area contributed by atoms with Crippen LogP contribution < -0.4 is 24.8 Å². The molecule has 2 aromatic carbocycles. The summed E-state index contributed by atoms with van der Waals surface area (Å²) in [4.78, 5) is 4.27. The van der Waals surface area contributed by atoms with Gasteiger partial charge in [0.1, 0.15) is 5.75 Å². The summed E-state index contributed by atoms with van der Waals surface area (Å²) in [7, 11) is 4.99. The Bertz CT molecular complexity index is 983. The summed E-state index contributed by atoms with van der Waals surface area (Å²) in [5.41, 5.74) is 2.69. The van der Waals surface area contributed by atoms with Gasteiger partial charge in [-0.2, -0.15) is 5.10 Å². The number of benzene rings is 2. The molecule has 0 saturated heterocycles. The zero-order valence-corrected chi connectivity index (χ0v) is 17.7. The second kappa shape index (κ2) is 10.2. The lowest BCUT2D eigenvalue weighted by molar-refractivity contribution is 0.311. The molecule has 2 N–H and O–H groups in total. The molecule has 3 aromatic rings. The van der Waals surface area contributed by atoms with Crippen LogP contribution >= 0.6 is 0 Å². The van der Waals surface area contributed by atoms with Crippen molar-refractivity contribution in [3.8, 4) is 22.9 Å². The fourth-order valence-electron chi connectivity index (χ4n) is 2.84. The number of methoxy groups -OCH3 is 2. The first kappa shape index (κ1) is 21.0. The van der Waals surface area contributed by atoms with Crippen molar-refractivity contribution in [3.63, 3.8) is 0 Å². The fourth-order valence-corrected chi connectivity index (χ4v) is 2.84. The number of aromatic nitrogens is 2. The van der Waals surface area contributed by atoms with Crippen molar-refractivity contribution in [1.29, 1.82) is 0 Å². The standard InChI is InChI=1S/C22H27N5O3/c1-5-30-20-11-6-16(14-21(20)29-4)25-22(23-2)24-15-17-12-13-27(26-17)18-7-9-19(28-3)10-8-18/h6-14H,5,15H2,1-4H3,(H2,23,24,25). The zero-order valence-electron chi connectivity index (χ0n) is 17.7. The predicted molar refractivity (Wildman–Crippen MR) is 118 cm³/mol. The molecule has 8 nitrogen and oxygen atoms in total. The SMILES string of the molecule is CCOc1ccc(NC(=NC)NCc2ccn(-c3ccc(OC)cc3)n2)cc1OC. The summed E-state index contributed by atoms with van der Waals surface area (Å²) < 4.78 is 18.0. The molecule has 0 aliphatic heterocycles. The Morgan fingerprint density at radius 3 is 2.50 bits per heavy atom. The average Bonchev–Trinajstić information content (AvgIpc) is 3.26. The van der Waals surface area contributed by atoms with Crippen molar-refractivity contribution in [2.24, 2.45) is 4.99 Å². The minimum absolute atomic E-state index is 0.525. The maximum Gasteiger partial charge on any atom is 0.195 e. The van der Waals surface area contributed by atoms with Crippen LogP contribution in [0.2, 0.25) is 0 Å². The van der Waals surface area contributed by atoms with Gasteiger partial charge in [-0.1, -0.05) is 0 Å². The van der Waals surface area contributed by atoms with Gasteiger partial charge >= 0.3 is 0 Å². The Labute approximate surface area is 176 Å². The Morgan fingerprint density at radius 2 is 1.83 bits per heavy atom. The van der Waals surface area contributed by atoms with E-state index in [0.717, 1.165) is 22.8 Å². The van der Waals surface area contributed by atoms with Crippen LogP contribution in [0.1, 0.15) is 12.6 Å². The molecule has 0 unspecified atom stereocenters. The number of guanidine groups is 1. The van der Waals surface area contributed by atoms with E-state index in [1.165, 1.54) is 0 Å². The second-order valence-electron chi connectivity index (χ2n) is 6.30. The van der Waals surface area contributed by atoms with E-state index in [0.29, 0.717) is 30.6 Å². The highest BCUT2D eigenvalue weighted by Gasteiger charge is 2.08. The number of nitrogens with one attached hydrogen (secondary N) is 2. The van der Waals surface area contributed by atoms with Gasteiger partial charge in [0.25, 0.3) is 0 Å². The molecule has 158 valence electrons. The third-order valence-corrected chi connectivity index (χ3v) is 4.37.